The maximum absolute atomic E-state index is 12.3. The van der Waals surface area contributed by atoms with E-state index in [9.17, 15) is 14.9 Å². The Hall–Kier alpha value is -2.77. The van der Waals surface area contributed by atoms with Crippen LogP contribution in [0.3, 0.4) is 0 Å². The minimum Gasteiger partial charge on any atom is -0.358 e. The first-order chi connectivity index (χ1) is 10.0. The molecule has 0 saturated heterocycles. The molecule has 21 heavy (non-hydrogen) atoms. The van der Waals surface area contributed by atoms with Gasteiger partial charge in [-0.1, -0.05) is 6.92 Å². The fourth-order valence-electron chi connectivity index (χ4n) is 2.01. The van der Waals surface area contributed by atoms with Crippen LogP contribution in [0.5, 0.6) is 0 Å². The zero-order chi connectivity index (χ0) is 15.4. The number of aryl methyl sites for hydroxylation is 1. The first kappa shape index (κ1) is 14.6. The Labute approximate surface area is 121 Å². The summed E-state index contributed by atoms with van der Waals surface area (Å²) in [6, 6.07) is 4.08. The summed E-state index contributed by atoms with van der Waals surface area (Å²) in [7, 11) is 0. The number of nitrogens with one attached hydrogen (secondary N) is 1. The molecule has 0 radical (unpaired) electrons. The average molecular weight is 289 g/mol. The molecule has 0 saturated carbocycles. The van der Waals surface area contributed by atoms with E-state index >= 15 is 0 Å². The van der Waals surface area contributed by atoms with Gasteiger partial charge in [0.15, 0.2) is 6.04 Å². The lowest BCUT2D eigenvalue weighted by Crippen LogP contribution is -2.27. The minimum absolute atomic E-state index is 0.261. The molecule has 0 spiro atoms. The summed E-state index contributed by atoms with van der Waals surface area (Å²) < 4.78 is 1.38. The van der Waals surface area contributed by atoms with Crippen LogP contribution in [0.4, 0.5) is 11.5 Å². The maximum Gasteiger partial charge on any atom is 0.390 e. The molecule has 1 N–H and O–H groups in total. The Morgan fingerprint density at radius 3 is 2.67 bits per heavy atom. The van der Waals surface area contributed by atoms with E-state index in [0.29, 0.717) is 17.8 Å². The van der Waals surface area contributed by atoms with Crippen molar-refractivity contribution in [1.29, 1.82) is 0 Å². The Morgan fingerprint density at radius 2 is 2.14 bits per heavy atom. The first-order valence-electron chi connectivity index (χ1n) is 6.44. The van der Waals surface area contributed by atoms with E-state index < -0.39 is 11.0 Å². The molecule has 1 unspecified atom stereocenters. The molecular formula is C13H15N5O3. The summed E-state index contributed by atoms with van der Waals surface area (Å²) >= 11 is 0. The number of anilines is 1. The summed E-state index contributed by atoms with van der Waals surface area (Å²) in [4.78, 5) is 26.4. The van der Waals surface area contributed by atoms with Gasteiger partial charge in [0, 0.05) is 18.1 Å². The molecule has 8 nitrogen and oxygen atoms in total. The third-order valence-corrected chi connectivity index (χ3v) is 3.03. The predicted octanol–water partition coefficient (Wildman–Crippen LogP) is 2.08. The van der Waals surface area contributed by atoms with E-state index in [1.54, 1.807) is 31.5 Å². The number of carbonyl (C=O) groups is 1. The lowest BCUT2D eigenvalue weighted by Gasteiger charge is -2.14. The van der Waals surface area contributed by atoms with Gasteiger partial charge in [0.1, 0.15) is 0 Å². The molecule has 8 heteroatoms. The lowest BCUT2D eigenvalue weighted by atomic mass is 10.2. The topological polar surface area (TPSA) is 103 Å². The molecule has 2 aromatic heterocycles. The van der Waals surface area contributed by atoms with Gasteiger partial charge in [-0.05, 0) is 30.4 Å². The molecular weight excluding hydrogens is 274 g/mol. The number of nitro groups is 1. The highest BCUT2D eigenvalue weighted by Gasteiger charge is 2.26. The van der Waals surface area contributed by atoms with E-state index in [2.05, 4.69) is 15.4 Å². The van der Waals surface area contributed by atoms with Crippen molar-refractivity contribution >= 4 is 17.4 Å². The molecule has 1 amide bonds. The van der Waals surface area contributed by atoms with Crippen molar-refractivity contribution in [2.24, 2.45) is 0 Å². The Balaban J connectivity index is 2.23. The highest BCUT2D eigenvalue weighted by molar-refractivity contribution is 5.93. The van der Waals surface area contributed by atoms with Gasteiger partial charge >= 0.3 is 5.82 Å². The molecule has 110 valence electrons. The van der Waals surface area contributed by atoms with Crippen molar-refractivity contribution in [2.45, 2.75) is 26.3 Å². The number of hydrogen-bond acceptors (Lipinski definition) is 5. The Kier molecular flexibility index (Phi) is 4.27. The Bertz CT molecular complexity index is 653. The molecule has 2 heterocycles. The van der Waals surface area contributed by atoms with Crippen LogP contribution in [-0.2, 0) is 4.79 Å². The summed E-state index contributed by atoms with van der Waals surface area (Å²) in [5.74, 6) is -0.535. The summed E-state index contributed by atoms with van der Waals surface area (Å²) in [5.41, 5.74) is 1.19. The van der Waals surface area contributed by atoms with Crippen LogP contribution in [0.1, 0.15) is 25.1 Å². The first-order valence-corrected chi connectivity index (χ1v) is 6.44. The summed E-state index contributed by atoms with van der Waals surface area (Å²) in [6.45, 7) is 3.51. The largest absolute Gasteiger partial charge is 0.390 e. The van der Waals surface area contributed by atoms with Gasteiger partial charge in [0.25, 0.3) is 5.91 Å². The highest BCUT2D eigenvalue weighted by Crippen LogP contribution is 2.20. The van der Waals surface area contributed by atoms with Crippen LogP contribution in [0.25, 0.3) is 0 Å². The van der Waals surface area contributed by atoms with E-state index in [4.69, 9.17) is 0 Å². The third kappa shape index (κ3) is 3.22. The van der Waals surface area contributed by atoms with E-state index in [-0.39, 0.29) is 11.7 Å². The zero-order valence-electron chi connectivity index (χ0n) is 11.7. The van der Waals surface area contributed by atoms with Gasteiger partial charge in [0.05, 0.1) is 16.9 Å². The van der Waals surface area contributed by atoms with Crippen LogP contribution >= 0.6 is 0 Å². The highest BCUT2D eigenvalue weighted by atomic mass is 16.6. The van der Waals surface area contributed by atoms with E-state index in [1.165, 1.54) is 10.7 Å². The van der Waals surface area contributed by atoms with E-state index in [0.717, 1.165) is 0 Å². The average Bonchev–Trinajstić information content (AvgIpc) is 2.83. The number of hydrogen-bond donors (Lipinski definition) is 1. The smallest absolute Gasteiger partial charge is 0.358 e. The lowest BCUT2D eigenvalue weighted by molar-refractivity contribution is -0.389. The standard InChI is InChI=1S/C13H15N5O3/c1-3-11(13(19)15-10-4-6-14-7-5-10)17-9(2)8-12(16-17)18(20)21/h4-8,11H,3H2,1-2H3,(H,14,15,19). The molecule has 0 aliphatic carbocycles. The van der Waals surface area contributed by atoms with Gasteiger partial charge in [-0.25, -0.2) is 0 Å². The van der Waals surface area contributed by atoms with Gasteiger partial charge in [-0.3, -0.25) is 9.78 Å². The molecule has 2 rings (SSSR count). The van der Waals surface area contributed by atoms with Crippen LogP contribution in [0.15, 0.2) is 30.6 Å². The summed E-state index contributed by atoms with van der Waals surface area (Å²) in [5, 5.41) is 17.4. The van der Waals surface area contributed by atoms with Crippen LogP contribution in [0, 0.1) is 17.0 Å². The molecule has 0 fully saturated rings. The molecule has 0 bridgehead atoms. The van der Waals surface area contributed by atoms with Gasteiger partial charge in [0.2, 0.25) is 0 Å². The fraction of sp³-hybridized carbons (Fsp3) is 0.308. The summed E-state index contributed by atoms with van der Waals surface area (Å²) in [6.07, 6.45) is 3.61. The second kappa shape index (κ2) is 6.12. The molecule has 2 aromatic rings. The molecule has 1 atom stereocenters. The predicted molar refractivity (Wildman–Crippen MR) is 75.8 cm³/mol. The Morgan fingerprint density at radius 1 is 1.48 bits per heavy atom. The molecule has 0 aliphatic heterocycles. The normalized spacial score (nSPS) is 11.9. The van der Waals surface area contributed by atoms with Crippen molar-refractivity contribution in [2.75, 3.05) is 5.32 Å². The second-order valence-electron chi connectivity index (χ2n) is 4.49. The van der Waals surface area contributed by atoms with Crippen LogP contribution in [0.2, 0.25) is 0 Å². The molecule has 0 aliphatic rings. The van der Waals surface area contributed by atoms with Crippen LogP contribution < -0.4 is 5.32 Å². The number of rotatable bonds is 5. The number of amides is 1. The van der Waals surface area contributed by atoms with Crippen LogP contribution in [-0.4, -0.2) is 25.6 Å². The van der Waals surface area contributed by atoms with Crippen molar-refractivity contribution in [3.8, 4) is 0 Å². The van der Waals surface area contributed by atoms with Gasteiger partial charge < -0.3 is 15.4 Å². The van der Waals surface area contributed by atoms with Crippen molar-refractivity contribution in [1.82, 2.24) is 14.8 Å². The zero-order valence-corrected chi connectivity index (χ0v) is 11.7. The number of nitrogens with zero attached hydrogens (tertiary/aromatic N) is 4. The second-order valence-corrected chi connectivity index (χ2v) is 4.49. The van der Waals surface area contributed by atoms with Crippen molar-refractivity contribution in [3.05, 3.63) is 46.4 Å². The monoisotopic (exact) mass is 289 g/mol. The van der Waals surface area contributed by atoms with Crippen molar-refractivity contribution < 1.29 is 9.72 Å². The van der Waals surface area contributed by atoms with Gasteiger partial charge in [-0.2, -0.15) is 4.68 Å². The minimum atomic E-state index is -0.605. The van der Waals surface area contributed by atoms with E-state index in [1.807, 2.05) is 6.92 Å². The number of pyridine rings is 1. The maximum atomic E-state index is 12.3. The third-order valence-electron chi connectivity index (χ3n) is 3.03. The van der Waals surface area contributed by atoms with Crippen molar-refractivity contribution in [3.63, 3.8) is 0 Å². The number of aromatic nitrogens is 3. The van der Waals surface area contributed by atoms with Gasteiger partial charge in [-0.15, -0.1) is 0 Å². The quantitative estimate of drug-likeness (QED) is 0.670. The number of carbonyl (C=O) groups excluding carboxylic acids is 1. The SMILES string of the molecule is CCC(C(=O)Nc1ccncc1)n1nc([N+](=O)[O-])cc1C. The molecule has 0 aromatic carbocycles. The fourth-order valence-corrected chi connectivity index (χ4v) is 2.01.